The van der Waals surface area contributed by atoms with Crippen LogP contribution in [0.5, 0.6) is 0 Å². The van der Waals surface area contributed by atoms with E-state index in [9.17, 15) is 4.79 Å². The van der Waals surface area contributed by atoms with Crippen LogP contribution in [0.25, 0.3) is 0 Å². The minimum absolute atomic E-state index is 0.141. The highest BCUT2D eigenvalue weighted by Gasteiger charge is 2.07. The monoisotopic (exact) mass is 245 g/mol. The normalized spacial score (nSPS) is 12.5. The van der Waals surface area contributed by atoms with Crippen LogP contribution in [0.4, 0.5) is 5.69 Å². The molecule has 0 aromatic carbocycles. The Balaban J connectivity index is 2.75. The smallest absolute Gasteiger partial charge is 0.287 e. The van der Waals surface area contributed by atoms with Crippen LogP contribution < -0.4 is 10.9 Å². The van der Waals surface area contributed by atoms with Crippen LogP contribution in [0.2, 0.25) is 5.02 Å². The van der Waals surface area contributed by atoms with E-state index < -0.39 is 0 Å². The lowest BCUT2D eigenvalue weighted by atomic mass is 10.3. The van der Waals surface area contributed by atoms with Crippen molar-refractivity contribution in [2.24, 2.45) is 0 Å². The summed E-state index contributed by atoms with van der Waals surface area (Å²) in [5.74, 6) is 0. The molecule has 0 aliphatic rings. The molecule has 0 bridgehead atoms. The Morgan fingerprint density at radius 1 is 1.69 bits per heavy atom. The van der Waals surface area contributed by atoms with Crippen LogP contribution in [-0.4, -0.2) is 27.5 Å². The molecule has 1 aromatic rings. The average molecular weight is 246 g/mol. The van der Waals surface area contributed by atoms with Crippen LogP contribution in [0.1, 0.15) is 20.3 Å². The van der Waals surface area contributed by atoms with Gasteiger partial charge >= 0.3 is 0 Å². The van der Waals surface area contributed by atoms with Gasteiger partial charge in [0.1, 0.15) is 5.02 Å². The van der Waals surface area contributed by atoms with Gasteiger partial charge in [-0.2, -0.15) is 5.10 Å². The zero-order chi connectivity index (χ0) is 12.1. The zero-order valence-corrected chi connectivity index (χ0v) is 10.2. The quantitative estimate of drug-likeness (QED) is 0.815. The highest BCUT2D eigenvalue weighted by atomic mass is 35.5. The molecule has 16 heavy (non-hydrogen) atoms. The molecule has 0 spiro atoms. The standard InChI is InChI=1S/C10H16ClN3O2/c1-3-14-10(16)9(11)8(6-13-14)12-5-4-7(2)15/h6-7,12,15H,3-5H2,1-2H3. The molecule has 2 N–H and O–H groups in total. The molecule has 6 heteroatoms. The van der Waals surface area contributed by atoms with E-state index in [1.54, 1.807) is 6.92 Å². The first kappa shape index (κ1) is 13.0. The van der Waals surface area contributed by atoms with Crippen molar-refractivity contribution in [3.8, 4) is 0 Å². The second-order valence-corrected chi connectivity index (χ2v) is 3.94. The van der Waals surface area contributed by atoms with E-state index in [0.717, 1.165) is 0 Å². The Morgan fingerprint density at radius 3 is 2.94 bits per heavy atom. The Kier molecular flexibility index (Phi) is 4.76. The number of aromatic nitrogens is 2. The summed E-state index contributed by atoms with van der Waals surface area (Å²) in [5.41, 5.74) is 0.211. The van der Waals surface area contributed by atoms with Crippen molar-refractivity contribution in [3.05, 3.63) is 21.6 Å². The molecule has 1 atom stereocenters. The zero-order valence-electron chi connectivity index (χ0n) is 9.40. The van der Waals surface area contributed by atoms with Crippen LogP contribution in [0, 0.1) is 0 Å². The van der Waals surface area contributed by atoms with Gasteiger partial charge in [-0.1, -0.05) is 11.6 Å². The molecular weight excluding hydrogens is 230 g/mol. The van der Waals surface area contributed by atoms with Crippen LogP contribution in [0.15, 0.2) is 11.0 Å². The number of nitrogens with one attached hydrogen (secondary N) is 1. The topological polar surface area (TPSA) is 67.2 Å². The summed E-state index contributed by atoms with van der Waals surface area (Å²) in [6, 6.07) is 0. The van der Waals surface area contributed by atoms with Gasteiger partial charge in [0.25, 0.3) is 5.56 Å². The Morgan fingerprint density at radius 2 is 2.38 bits per heavy atom. The second kappa shape index (κ2) is 5.86. The van der Waals surface area contributed by atoms with Crippen molar-refractivity contribution >= 4 is 17.3 Å². The largest absolute Gasteiger partial charge is 0.393 e. The molecule has 1 aromatic heterocycles. The van der Waals surface area contributed by atoms with Crippen molar-refractivity contribution in [1.82, 2.24) is 9.78 Å². The summed E-state index contributed by atoms with van der Waals surface area (Å²) in [6.45, 7) is 4.57. The number of aliphatic hydroxyl groups excluding tert-OH is 1. The second-order valence-electron chi connectivity index (χ2n) is 3.56. The SMILES string of the molecule is CCn1ncc(NCCC(C)O)c(Cl)c1=O. The van der Waals surface area contributed by atoms with Gasteiger partial charge in [-0.05, 0) is 20.3 Å². The number of halogens is 1. The number of rotatable bonds is 5. The van der Waals surface area contributed by atoms with Crippen LogP contribution in [-0.2, 0) is 6.54 Å². The van der Waals surface area contributed by atoms with Crippen molar-refractivity contribution < 1.29 is 5.11 Å². The minimum Gasteiger partial charge on any atom is -0.393 e. The first-order valence-corrected chi connectivity index (χ1v) is 5.61. The lowest BCUT2D eigenvalue weighted by Crippen LogP contribution is -2.23. The maximum Gasteiger partial charge on any atom is 0.287 e. The summed E-state index contributed by atoms with van der Waals surface area (Å²) in [5, 5.41) is 16.1. The number of aryl methyl sites for hydroxylation is 1. The number of nitrogens with zero attached hydrogens (tertiary/aromatic N) is 2. The fraction of sp³-hybridized carbons (Fsp3) is 0.600. The summed E-state index contributed by atoms with van der Waals surface area (Å²) in [7, 11) is 0. The van der Waals surface area contributed by atoms with E-state index in [4.69, 9.17) is 16.7 Å². The van der Waals surface area contributed by atoms with Crippen LogP contribution >= 0.6 is 11.6 Å². The first-order valence-electron chi connectivity index (χ1n) is 5.23. The molecule has 0 fully saturated rings. The third-order valence-corrected chi connectivity index (χ3v) is 2.53. The van der Waals surface area contributed by atoms with Gasteiger partial charge in [0.2, 0.25) is 0 Å². The van der Waals surface area contributed by atoms with Gasteiger partial charge in [-0.25, -0.2) is 4.68 Å². The average Bonchev–Trinajstić information content (AvgIpc) is 2.24. The van der Waals surface area contributed by atoms with Gasteiger partial charge in [0.15, 0.2) is 0 Å². The molecule has 90 valence electrons. The molecular formula is C10H16ClN3O2. The molecule has 1 unspecified atom stereocenters. The fourth-order valence-corrected chi connectivity index (χ4v) is 1.44. The number of hydrogen-bond acceptors (Lipinski definition) is 4. The molecule has 1 heterocycles. The Labute approximate surface area is 99.0 Å². The molecule has 1 rings (SSSR count). The molecule has 5 nitrogen and oxygen atoms in total. The minimum atomic E-state index is -0.379. The number of hydrogen-bond donors (Lipinski definition) is 2. The third-order valence-electron chi connectivity index (χ3n) is 2.16. The molecule has 0 amide bonds. The summed E-state index contributed by atoms with van der Waals surface area (Å²) >= 11 is 5.89. The van der Waals surface area contributed by atoms with Gasteiger partial charge in [0, 0.05) is 13.1 Å². The van der Waals surface area contributed by atoms with E-state index >= 15 is 0 Å². The van der Waals surface area contributed by atoms with Crippen molar-refractivity contribution in [1.29, 1.82) is 0 Å². The Hall–Kier alpha value is -1.07. The van der Waals surface area contributed by atoms with E-state index in [1.165, 1.54) is 10.9 Å². The van der Waals surface area contributed by atoms with Gasteiger partial charge < -0.3 is 10.4 Å². The first-order chi connectivity index (χ1) is 7.56. The molecule has 0 radical (unpaired) electrons. The van der Waals surface area contributed by atoms with Gasteiger partial charge in [-0.15, -0.1) is 0 Å². The lowest BCUT2D eigenvalue weighted by molar-refractivity contribution is 0.189. The van der Waals surface area contributed by atoms with E-state index in [1.807, 2.05) is 6.92 Å². The van der Waals surface area contributed by atoms with Crippen molar-refractivity contribution in [3.63, 3.8) is 0 Å². The van der Waals surface area contributed by atoms with Gasteiger partial charge in [0.05, 0.1) is 18.0 Å². The Bertz CT molecular complexity index is 404. The lowest BCUT2D eigenvalue weighted by Gasteiger charge is -2.10. The molecule has 0 saturated heterocycles. The third kappa shape index (κ3) is 3.21. The highest BCUT2D eigenvalue weighted by molar-refractivity contribution is 6.32. The summed E-state index contributed by atoms with van der Waals surface area (Å²) in [4.78, 5) is 11.6. The summed E-state index contributed by atoms with van der Waals surface area (Å²) in [6.07, 6.45) is 1.73. The summed E-state index contributed by atoms with van der Waals surface area (Å²) < 4.78 is 1.29. The van der Waals surface area contributed by atoms with E-state index in [0.29, 0.717) is 25.2 Å². The predicted octanol–water partition coefficient (Wildman–Crippen LogP) is 1.10. The van der Waals surface area contributed by atoms with E-state index in [-0.39, 0.29) is 16.7 Å². The highest BCUT2D eigenvalue weighted by Crippen LogP contribution is 2.14. The van der Waals surface area contributed by atoms with Crippen molar-refractivity contribution in [2.75, 3.05) is 11.9 Å². The van der Waals surface area contributed by atoms with Crippen molar-refractivity contribution in [2.45, 2.75) is 32.9 Å². The van der Waals surface area contributed by atoms with Gasteiger partial charge in [-0.3, -0.25) is 4.79 Å². The predicted molar refractivity (Wildman–Crippen MR) is 64.0 cm³/mol. The fourth-order valence-electron chi connectivity index (χ4n) is 1.23. The maximum atomic E-state index is 11.6. The van der Waals surface area contributed by atoms with Crippen LogP contribution in [0.3, 0.4) is 0 Å². The molecule has 0 saturated carbocycles. The molecule has 0 aliphatic heterocycles. The number of aliphatic hydroxyl groups is 1. The molecule has 0 aliphatic carbocycles. The maximum absolute atomic E-state index is 11.6. The van der Waals surface area contributed by atoms with E-state index in [2.05, 4.69) is 10.4 Å². The number of anilines is 1.